The molecule has 0 radical (unpaired) electrons. The van der Waals surface area contributed by atoms with E-state index in [0.29, 0.717) is 12.5 Å². The maximum Gasteiger partial charge on any atom is 0.242 e. The van der Waals surface area contributed by atoms with Gasteiger partial charge in [0.1, 0.15) is 0 Å². The minimum Gasteiger partial charge on any atom is -0.376 e. The summed E-state index contributed by atoms with van der Waals surface area (Å²) in [4.78, 5) is 24.5. The highest BCUT2D eigenvalue weighted by Gasteiger charge is 2.16. The van der Waals surface area contributed by atoms with Crippen molar-refractivity contribution in [3.05, 3.63) is 30.3 Å². The minimum absolute atomic E-state index is 0. The van der Waals surface area contributed by atoms with Crippen molar-refractivity contribution >= 4 is 29.9 Å². The monoisotopic (exact) mass is 299 g/mol. The summed E-state index contributed by atoms with van der Waals surface area (Å²) in [6.07, 6.45) is 0. The van der Waals surface area contributed by atoms with Crippen molar-refractivity contribution in [1.82, 2.24) is 4.90 Å². The van der Waals surface area contributed by atoms with Crippen molar-refractivity contribution in [3.63, 3.8) is 0 Å². The van der Waals surface area contributed by atoms with Gasteiger partial charge in [0.15, 0.2) is 0 Å². The number of hydrogen-bond donors (Lipinski definition) is 2. The van der Waals surface area contributed by atoms with Crippen LogP contribution < -0.4 is 11.1 Å². The Bertz CT molecular complexity index is 424. The number of carbonyl (C=O) groups excluding carboxylic acids is 2. The molecule has 3 N–H and O–H groups in total. The number of amides is 2. The molecule has 0 saturated heterocycles. The van der Waals surface area contributed by atoms with Gasteiger partial charge < -0.3 is 16.0 Å². The number of nitrogens with zero attached hydrogens (tertiary/aromatic N) is 1. The minimum atomic E-state index is -0.492. The van der Waals surface area contributed by atoms with Crippen molar-refractivity contribution in [2.45, 2.75) is 13.8 Å². The molecule has 0 aliphatic heterocycles. The zero-order chi connectivity index (χ0) is 14.3. The number of nitrogens with two attached hydrogens (primary N) is 1. The van der Waals surface area contributed by atoms with E-state index in [-0.39, 0.29) is 31.4 Å². The summed E-state index contributed by atoms with van der Waals surface area (Å²) in [6.45, 7) is 4.63. The molecule has 5 nitrogen and oxygen atoms in total. The number of para-hydroxylation sites is 1. The van der Waals surface area contributed by atoms with Crippen molar-refractivity contribution in [2.75, 3.05) is 25.0 Å². The second-order valence-corrected chi connectivity index (χ2v) is 4.85. The fourth-order valence-corrected chi connectivity index (χ4v) is 1.73. The summed E-state index contributed by atoms with van der Waals surface area (Å²) in [7, 11) is 0. The number of halogens is 1. The lowest BCUT2D eigenvalue weighted by molar-refractivity contribution is -0.134. The van der Waals surface area contributed by atoms with E-state index in [1.807, 2.05) is 44.2 Å². The number of rotatable bonds is 7. The van der Waals surface area contributed by atoms with Crippen LogP contribution in [0, 0.1) is 5.92 Å². The molecule has 0 aliphatic rings. The van der Waals surface area contributed by atoms with Gasteiger partial charge in [-0.05, 0) is 18.1 Å². The summed E-state index contributed by atoms with van der Waals surface area (Å²) < 4.78 is 0. The molecule has 0 fully saturated rings. The normalized spacial score (nSPS) is 9.75. The van der Waals surface area contributed by atoms with Crippen LogP contribution in [0.25, 0.3) is 0 Å². The fraction of sp³-hybridized carbons (Fsp3) is 0.429. The molecule has 0 aromatic heterocycles. The van der Waals surface area contributed by atoms with E-state index >= 15 is 0 Å². The van der Waals surface area contributed by atoms with Gasteiger partial charge in [-0.25, -0.2) is 0 Å². The molecule has 0 bridgehead atoms. The Labute approximate surface area is 125 Å². The van der Waals surface area contributed by atoms with Crippen LogP contribution >= 0.6 is 12.4 Å². The summed E-state index contributed by atoms with van der Waals surface area (Å²) in [6, 6.07) is 9.46. The summed E-state index contributed by atoms with van der Waals surface area (Å²) >= 11 is 0. The van der Waals surface area contributed by atoms with Crippen LogP contribution in [0.5, 0.6) is 0 Å². The first-order valence-electron chi connectivity index (χ1n) is 6.34. The molecule has 0 saturated carbocycles. The van der Waals surface area contributed by atoms with Crippen LogP contribution in [-0.2, 0) is 9.59 Å². The van der Waals surface area contributed by atoms with Crippen molar-refractivity contribution < 1.29 is 9.59 Å². The first-order chi connectivity index (χ1) is 8.99. The summed E-state index contributed by atoms with van der Waals surface area (Å²) in [5.74, 6) is -0.329. The van der Waals surface area contributed by atoms with E-state index in [1.54, 1.807) is 0 Å². The number of hydrogen-bond acceptors (Lipinski definition) is 3. The number of anilines is 1. The first kappa shape index (κ1) is 18.2. The van der Waals surface area contributed by atoms with E-state index in [0.717, 1.165) is 5.69 Å². The summed E-state index contributed by atoms with van der Waals surface area (Å²) in [5, 5.41) is 3.03. The molecular weight excluding hydrogens is 278 g/mol. The number of nitrogens with one attached hydrogen (secondary N) is 1. The molecule has 1 aromatic carbocycles. The van der Waals surface area contributed by atoms with Gasteiger partial charge in [-0.1, -0.05) is 32.0 Å². The molecule has 0 spiro atoms. The number of benzene rings is 1. The Balaban J connectivity index is 0.00000361. The largest absolute Gasteiger partial charge is 0.376 e. The Morgan fingerprint density at radius 1 is 1.25 bits per heavy atom. The van der Waals surface area contributed by atoms with Gasteiger partial charge in [-0.15, -0.1) is 12.4 Å². The quantitative estimate of drug-likeness (QED) is 0.801. The van der Waals surface area contributed by atoms with Crippen LogP contribution in [0.1, 0.15) is 13.8 Å². The molecule has 0 atom stereocenters. The van der Waals surface area contributed by atoms with E-state index in [9.17, 15) is 9.59 Å². The SMILES string of the molecule is CC(C)CN(CC(N)=O)C(=O)CNc1ccccc1.Cl. The Morgan fingerprint density at radius 3 is 2.35 bits per heavy atom. The zero-order valence-electron chi connectivity index (χ0n) is 11.8. The van der Waals surface area contributed by atoms with E-state index in [2.05, 4.69) is 5.32 Å². The predicted molar refractivity (Wildman–Crippen MR) is 82.8 cm³/mol. The van der Waals surface area contributed by atoms with Gasteiger partial charge >= 0.3 is 0 Å². The lowest BCUT2D eigenvalue weighted by atomic mass is 10.2. The maximum atomic E-state index is 12.0. The van der Waals surface area contributed by atoms with Crippen molar-refractivity contribution in [3.8, 4) is 0 Å². The number of primary amides is 1. The van der Waals surface area contributed by atoms with Gasteiger partial charge in [0.2, 0.25) is 11.8 Å². The van der Waals surface area contributed by atoms with E-state index in [1.165, 1.54) is 4.90 Å². The van der Waals surface area contributed by atoms with Crippen molar-refractivity contribution in [1.29, 1.82) is 0 Å². The van der Waals surface area contributed by atoms with Gasteiger partial charge in [0.25, 0.3) is 0 Å². The van der Waals surface area contributed by atoms with Crippen LogP contribution in [0.2, 0.25) is 0 Å². The predicted octanol–water partition coefficient (Wildman–Crippen LogP) is 1.49. The first-order valence-corrected chi connectivity index (χ1v) is 6.34. The maximum absolute atomic E-state index is 12.0. The fourth-order valence-electron chi connectivity index (χ4n) is 1.73. The highest BCUT2D eigenvalue weighted by molar-refractivity contribution is 5.86. The van der Waals surface area contributed by atoms with Crippen LogP contribution in [0.15, 0.2) is 30.3 Å². The summed E-state index contributed by atoms with van der Waals surface area (Å²) in [5.41, 5.74) is 6.04. The topological polar surface area (TPSA) is 75.4 Å². The van der Waals surface area contributed by atoms with E-state index < -0.39 is 5.91 Å². The number of carbonyl (C=O) groups is 2. The van der Waals surface area contributed by atoms with E-state index in [4.69, 9.17) is 5.73 Å². The third kappa shape index (κ3) is 6.99. The van der Waals surface area contributed by atoms with Gasteiger partial charge in [0.05, 0.1) is 13.1 Å². The van der Waals surface area contributed by atoms with Crippen LogP contribution in [0.3, 0.4) is 0 Å². The molecule has 1 rings (SSSR count). The Hall–Kier alpha value is -1.75. The standard InChI is InChI=1S/C14H21N3O2.ClH/c1-11(2)9-17(10-13(15)18)14(19)8-16-12-6-4-3-5-7-12;/h3-7,11,16H,8-10H2,1-2H3,(H2,15,18);1H. The van der Waals surface area contributed by atoms with Gasteiger partial charge in [0, 0.05) is 12.2 Å². The Kier molecular flexibility index (Phi) is 8.40. The highest BCUT2D eigenvalue weighted by atomic mass is 35.5. The lowest BCUT2D eigenvalue weighted by Gasteiger charge is -2.23. The van der Waals surface area contributed by atoms with Crippen LogP contribution in [-0.4, -0.2) is 36.3 Å². The van der Waals surface area contributed by atoms with Gasteiger partial charge in [-0.3, -0.25) is 9.59 Å². The molecule has 0 unspecified atom stereocenters. The van der Waals surface area contributed by atoms with Crippen LogP contribution in [0.4, 0.5) is 5.69 Å². The van der Waals surface area contributed by atoms with Gasteiger partial charge in [-0.2, -0.15) is 0 Å². The molecule has 6 heteroatoms. The second-order valence-electron chi connectivity index (χ2n) is 4.85. The average Bonchev–Trinajstić information content (AvgIpc) is 2.35. The Morgan fingerprint density at radius 2 is 1.85 bits per heavy atom. The molecular formula is C14H22ClN3O2. The van der Waals surface area contributed by atoms with Crippen molar-refractivity contribution in [2.24, 2.45) is 11.7 Å². The molecule has 112 valence electrons. The molecule has 0 heterocycles. The molecule has 1 aromatic rings. The molecule has 20 heavy (non-hydrogen) atoms. The third-order valence-electron chi connectivity index (χ3n) is 2.50. The highest BCUT2D eigenvalue weighted by Crippen LogP contribution is 2.05. The third-order valence-corrected chi connectivity index (χ3v) is 2.50. The molecule has 2 amide bonds. The lowest BCUT2D eigenvalue weighted by Crippen LogP contribution is -2.43. The zero-order valence-corrected chi connectivity index (χ0v) is 12.7. The second kappa shape index (κ2) is 9.20. The average molecular weight is 300 g/mol. The molecule has 0 aliphatic carbocycles. The smallest absolute Gasteiger partial charge is 0.242 e.